The Labute approximate surface area is 176 Å². The Morgan fingerprint density at radius 1 is 0.933 bits per heavy atom. The molecule has 0 N–H and O–H groups in total. The Morgan fingerprint density at radius 3 is 2.17 bits per heavy atom. The van der Waals surface area contributed by atoms with Crippen LogP contribution in [0.5, 0.6) is 5.75 Å². The zero-order valence-corrected chi connectivity index (χ0v) is 17.5. The second-order valence-corrected chi connectivity index (χ2v) is 8.57. The Morgan fingerprint density at radius 2 is 1.57 bits per heavy atom. The third kappa shape index (κ3) is 5.17. The molecular weight excluding hydrogens is 408 g/mol. The number of piperazine rings is 1. The Balaban J connectivity index is 1.49. The fraction of sp³-hybridized carbons (Fsp3) is 0.333. The summed E-state index contributed by atoms with van der Waals surface area (Å²) in [6.45, 7) is 2.86. The second kappa shape index (κ2) is 9.73. The maximum atomic E-state index is 12.6. The number of hydrogen-bond acceptors (Lipinski definition) is 6. The van der Waals surface area contributed by atoms with Crippen LogP contribution in [-0.4, -0.2) is 68.9 Å². The highest BCUT2D eigenvalue weighted by Crippen LogP contribution is 2.17. The van der Waals surface area contributed by atoms with E-state index < -0.39 is 22.6 Å². The number of ether oxygens (including phenoxy) is 2. The summed E-state index contributed by atoms with van der Waals surface area (Å²) in [5.41, 5.74) is 0.324. The minimum absolute atomic E-state index is 0.190. The molecule has 0 radical (unpaired) electrons. The highest BCUT2D eigenvalue weighted by molar-refractivity contribution is 7.89. The number of sulfonamides is 1. The van der Waals surface area contributed by atoms with E-state index in [1.807, 2.05) is 6.92 Å². The van der Waals surface area contributed by atoms with Crippen LogP contribution in [0.3, 0.4) is 0 Å². The number of carbonyl (C=O) groups is 2. The van der Waals surface area contributed by atoms with E-state index in [9.17, 15) is 18.0 Å². The van der Waals surface area contributed by atoms with Crippen molar-refractivity contribution in [1.29, 1.82) is 0 Å². The van der Waals surface area contributed by atoms with E-state index in [-0.39, 0.29) is 37.0 Å². The summed E-state index contributed by atoms with van der Waals surface area (Å²) < 4.78 is 37.1. The molecule has 1 fully saturated rings. The maximum absolute atomic E-state index is 12.6. The predicted octanol–water partition coefficient (Wildman–Crippen LogP) is 1.78. The molecule has 9 heteroatoms. The van der Waals surface area contributed by atoms with E-state index in [0.717, 1.165) is 0 Å². The third-order valence-electron chi connectivity index (χ3n) is 4.70. The van der Waals surface area contributed by atoms with Gasteiger partial charge in [0.25, 0.3) is 5.91 Å². The van der Waals surface area contributed by atoms with Crippen molar-refractivity contribution in [2.75, 3.05) is 39.4 Å². The lowest BCUT2D eigenvalue weighted by Gasteiger charge is -2.33. The minimum atomic E-state index is -3.58. The lowest BCUT2D eigenvalue weighted by Crippen LogP contribution is -2.51. The molecule has 0 bridgehead atoms. The standard InChI is InChI=1S/C21H24N2O6S/c1-2-28-18-10-8-17(9-11-18)21(25)29-16-20(24)22-12-14-23(15-13-22)30(26,27)19-6-4-3-5-7-19/h3-11H,2,12-16H2,1H3. The molecule has 0 unspecified atom stereocenters. The van der Waals surface area contributed by atoms with Crippen molar-refractivity contribution in [2.24, 2.45) is 0 Å². The normalized spacial score (nSPS) is 14.9. The highest BCUT2D eigenvalue weighted by Gasteiger charge is 2.30. The molecule has 30 heavy (non-hydrogen) atoms. The van der Waals surface area contributed by atoms with Gasteiger partial charge in [-0.1, -0.05) is 18.2 Å². The van der Waals surface area contributed by atoms with Crippen LogP contribution in [0.25, 0.3) is 0 Å². The summed E-state index contributed by atoms with van der Waals surface area (Å²) >= 11 is 0. The fourth-order valence-corrected chi connectivity index (χ4v) is 4.52. The first-order valence-electron chi connectivity index (χ1n) is 9.65. The molecule has 2 aromatic carbocycles. The average Bonchev–Trinajstić information content (AvgIpc) is 2.78. The number of carbonyl (C=O) groups excluding carboxylic acids is 2. The molecule has 1 aliphatic rings. The Kier molecular flexibility index (Phi) is 7.07. The number of rotatable bonds is 7. The van der Waals surface area contributed by atoms with E-state index >= 15 is 0 Å². The minimum Gasteiger partial charge on any atom is -0.494 e. The molecule has 0 spiro atoms. The topological polar surface area (TPSA) is 93.2 Å². The molecule has 1 saturated heterocycles. The van der Waals surface area contributed by atoms with E-state index in [1.54, 1.807) is 54.6 Å². The summed E-state index contributed by atoms with van der Waals surface area (Å²) in [6.07, 6.45) is 0. The molecule has 2 aromatic rings. The molecule has 1 amide bonds. The van der Waals surface area contributed by atoms with Crippen molar-refractivity contribution in [3.8, 4) is 5.75 Å². The molecule has 0 saturated carbocycles. The third-order valence-corrected chi connectivity index (χ3v) is 6.61. The fourth-order valence-electron chi connectivity index (χ4n) is 3.08. The largest absolute Gasteiger partial charge is 0.494 e. The molecule has 0 atom stereocenters. The summed E-state index contributed by atoms with van der Waals surface area (Å²) in [5.74, 6) is -0.309. The van der Waals surface area contributed by atoms with Gasteiger partial charge in [-0.05, 0) is 43.3 Å². The van der Waals surface area contributed by atoms with Gasteiger partial charge in [0.05, 0.1) is 17.1 Å². The lowest BCUT2D eigenvalue weighted by molar-refractivity contribution is -0.135. The van der Waals surface area contributed by atoms with Crippen LogP contribution in [0, 0.1) is 0 Å². The van der Waals surface area contributed by atoms with E-state index in [4.69, 9.17) is 9.47 Å². The van der Waals surface area contributed by atoms with Gasteiger partial charge in [-0.2, -0.15) is 4.31 Å². The molecule has 8 nitrogen and oxygen atoms in total. The molecule has 1 heterocycles. The number of amides is 1. The summed E-state index contributed by atoms with van der Waals surface area (Å²) in [6, 6.07) is 14.7. The zero-order chi connectivity index (χ0) is 21.6. The van der Waals surface area contributed by atoms with Crippen LogP contribution in [0.1, 0.15) is 17.3 Å². The van der Waals surface area contributed by atoms with Gasteiger partial charge in [-0.15, -0.1) is 0 Å². The quantitative estimate of drug-likeness (QED) is 0.619. The van der Waals surface area contributed by atoms with E-state index in [0.29, 0.717) is 17.9 Å². The van der Waals surface area contributed by atoms with Gasteiger partial charge in [0.2, 0.25) is 10.0 Å². The highest BCUT2D eigenvalue weighted by atomic mass is 32.2. The number of esters is 1. The summed E-state index contributed by atoms with van der Waals surface area (Å²) in [7, 11) is -3.58. The number of benzene rings is 2. The van der Waals surface area contributed by atoms with Gasteiger partial charge in [0, 0.05) is 26.2 Å². The van der Waals surface area contributed by atoms with Crippen LogP contribution in [0.15, 0.2) is 59.5 Å². The van der Waals surface area contributed by atoms with Crippen molar-refractivity contribution >= 4 is 21.9 Å². The van der Waals surface area contributed by atoms with Crippen LogP contribution in [0.2, 0.25) is 0 Å². The first kappa shape index (κ1) is 21.8. The molecular formula is C21H24N2O6S. The lowest BCUT2D eigenvalue weighted by atomic mass is 10.2. The van der Waals surface area contributed by atoms with Gasteiger partial charge in [0.1, 0.15) is 5.75 Å². The number of hydrogen-bond donors (Lipinski definition) is 0. The first-order chi connectivity index (χ1) is 14.4. The van der Waals surface area contributed by atoms with Gasteiger partial charge in [0.15, 0.2) is 6.61 Å². The van der Waals surface area contributed by atoms with Crippen molar-refractivity contribution in [3.63, 3.8) is 0 Å². The summed E-state index contributed by atoms with van der Waals surface area (Å²) in [4.78, 5) is 26.2. The molecule has 160 valence electrons. The first-order valence-corrected chi connectivity index (χ1v) is 11.1. The molecule has 0 aliphatic carbocycles. The van der Waals surface area contributed by atoms with Crippen LogP contribution in [-0.2, 0) is 19.6 Å². The Bertz CT molecular complexity index is 968. The van der Waals surface area contributed by atoms with Crippen molar-refractivity contribution in [3.05, 3.63) is 60.2 Å². The molecule has 0 aromatic heterocycles. The predicted molar refractivity (Wildman–Crippen MR) is 110 cm³/mol. The van der Waals surface area contributed by atoms with Gasteiger partial charge < -0.3 is 14.4 Å². The van der Waals surface area contributed by atoms with Crippen LogP contribution >= 0.6 is 0 Å². The van der Waals surface area contributed by atoms with E-state index in [1.165, 1.54) is 9.21 Å². The van der Waals surface area contributed by atoms with Crippen molar-refractivity contribution in [1.82, 2.24) is 9.21 Å². The SMILES string of the molecule is CCOc1ccc(C(=O)OCC(=O)N2CCN(S(=O)(=O)c3ccccc3)CC2)cc1. The monoisotopic (exact) mass is 432 g/mol. The van der Waals surface area contributed by atoms with Crippen LogP contribution in [0.4, 0.5) is 0 Å². The maximum Gasteiger partial charge on any atom is 0.338 e. The summed E-state index contributed by atoms with van der Waals surface area (Å²) in [5, 5.41) is 0. The van der Waals surface area contributed by atoms with Crippen molar-refractivity contribution in [2.45, 2.75) is 11.8 Å². The zero-order valence-electron chi connectivity index (χ0n) is 16.7. The van der Waals surface area contributed by atoms with Crippen LogP contribution < -0.4 is 4.74 Å². The smallest absolute Gasteiger partial charge is 0.338 e. The second-order valence-electron chi connectivity index (χ2n) is 6.63. The van der Waals surface area contributed by atoms with E-state index in [2.05, 4.69) is 0 Å². The average molecular weight is 432 g/mol. The molecule has 1 aliphatic heterocycles. The van der Waals surface area contributed by atoms with Gasteiger partial charge in [-0.25, -0.2) is 13.2 Å². The van der Waals surface area contributed by atoms with Gasteiger partial charge >= 0.3 is 5.97 Å². The van der Waals surface area contributed by atoms with Crippen molar-refractivity contribution < 1.29 is 27.5 Å². The Hall–Kier alpha value is -2.91. The number of nitrogens with zero attached hydrogens (tertiary/aromatic N) is 2. The van der Waals surface area contributed by atoms with Gasteiger partial charge in [-0.3, -0.25) is 4.79 Å². The molecule has 3 rings (SSSR count).